The van der Waals surface area contributed by atoms with Crippen molar-refractivity contribution < 1.29 is 14.7 Å². The molecule has 114 valence electrons. The van der Waals surface area contributed by atoms with Gasteiger partial charge in [-0.15, -0.1) is 0 Å². The fraction of sp³-hybridized carbons (Fsp3) is 0.529. The first-order valence-corrected chi connectivity index (χ1v) is 7.42. The Labute approximate surface area is 125 Å². The Morgan fingerprint density at radius 1 is 1.38 bits per heavy atom. The lowest BCUT2D eigenvalue weighted by atomic mass is 9.76. The topological polar surface area (TPSA) is 57.6 Å². The molecule has 1 heterocycles. The highest BCUT2D eigenvalue weighted by Crippen LogP contribution is 2.38. The number of hydrogen-bond acceptors (Lipinski definition) is 2. The monoisotopic (exact) mass is 289 g/mol. The van der Waals surface area contributed by atoms with Crippen molar-refractivity contribution in [3.63, 3.8) is 0 Å². The van der Waals surface area contributed by atoms with E-state index in [0.29, 0.717) is 25.9 Å². The van der Waals surface area contributed by atoms with Crippen molar-refractivity contribution in [1.29, 1.82) is 0 Å². The molecule has 4 nitrogen and oxygen atoms in total. The minimum absolute atomic E-state index is 0.0179. The summed E-state index contributed by atoms with van der Waals surface area (Å²) in [5, 5.41) is 9.52. The smallest absolute Gasteiger partial charge is 0.311 e. The van der Waals surface area contributed by atoms with Gasteiger partial charge in [0.15, 0.2) is 0 Å². The normalized spacial score (nSPS) is 21.8. The number of rotatable bonds is 4. The van der Waals surface area contributed by atoms with Crippen LogP contribution in [0, 0.1) is 18.3 Å². The van der Waals surface area contributed by atoms with Crippen molar-refractivity contribution in [2.75, 3.05) is 13.1 Å². The quantitative estimate of drug-likeness (QED) is 0.926. The molecule has 0 spiro atoms. The summed E-state index contributed by atoms with van der Waals surface area (Å²) in [6, 6.07) is 7.88. The molecule has 1 atom stereocenters. The molecule has 0 bridgehead atoms. The highest BCUT2D eigenvalue weighted by atomic mass is 16.4. The zero-order valence-corrected chi connectivity index (χ0v) is 12.9. The van der Waals surface area contributed by atoms with Crippen LogP contribution in [0.5, 0.6) is 0 Å². The number of benzene rings is 1. The molecule has 1 fully saturated rings. The molecular formula is C17H23NO3. The SMILES string of the molecule is Cc1cccc(CC(=O)N2CCC(C(=O)O)(C(C)C)C2)c1. The van der Waals surface area contributed by atoms with Crippen LogP contribution in [0.3, 0.4) is 0 Å². The van der Waals surface area contributed by atoms with E-state index >= 15 is 0 Å². The maximum atomic E-state index is 12.4. The Bertz CT molecular complexity index is 553. The summed E-state index contributed by atoms with van der Waals surface area (Å²) < 4.78 is 0. The van der Waals surface area contributed by atoms with Gasteiger partial charge in [0.2, 0.25) is 5.91 Å². The number of aryl methyl sites for hydroxylation is 1. The Morgan fingerprint density at radius 3 is 2.62 bits per heavy atom. The van der Waals surface area contributed by atoms with Crippen LogP contribution >= 0.6 is 0 Å². The summed E-state index contributed by atoms with van der Waals surface area (Å²) in [4.78, 5) is 25.7. The molecule has 2 rings (SSSR count). The van der Waals surface area contributed by atoms with Crippen molar-refractivity contribution in [3.8, 4) is 0 Å². The second-order valence-corrected chi connectivity index (χ2v) is 6.35. The molecular weight excluding hydrogens is 266 g/mol. The third-order valence-corrected chi connectivity index (χ3v) is 4.62. The van der Waals surface area contributed by atoms with Gasteiger partial charge in [-0.3, -0.25) is 9.59 Å². The van der Waals surface area contributed by atoms with Gasteiger partial charge in [-0.05, 0) is 24.8 Å². The average molecular weight is 289 g/mol. The van der Waals surface area contributed by atoms with E-state index in [-0.39, 0.29) is 11.8 Å². The lowest BCUT2D eigenvalue weighted by molar-refractivity contribution is -0.151. The third-order valence-electron chi connectivity index (χ3n) is 4.62. The van der Waals surface area contributed by atoms with Gasteiger partial charge >= 0.3 is 5.97 Å². The molecule has 0 aromatic heterocycles. The maximum Gasteiger partial charge on any atom is 0.311 e. The van der Waals surface area contributed by atoms with Crippen LogP contribution < -0.4 is 0 Å². The molecule has 1 unspecified atom stereocenters. The number of carbonyl (C=O) groups excluding carboxylic acids is 1. The molecule has 1 aromatic rings. The largest absolute Gasteiger partial charge is 0.481 e. The number of carboxylic acids is 1. The predicted molar refractivity (Wildman–Crippen MR) is 81.0 cm³/mol. The molecule has 1 amide bonds. The summed E-state index contributed by atoms with van der Waals surface area (Å²) in [5.41, 5.74) is 1.32. The molecule has 4 heteroatoms. The summed E-state index contributed by atoms with van der Waals surface area (Å²) >= 11 is 0. The number of amides is 1. The number of nitrogens with zero attached hydrogens (tertiary/aromatic N) is 1. The number of carbonyl (C=O) groups is 2. The van der Waals surface area contributed by atoms with Gasteiger partial charge in [0, 0.05) is 13.1 Å². The van der Waals surface area contributed by atoms with Gasteiger partial charge in [0.1, 0.15) is 0 Å². The molecule has 1 aliphatic heterocycles. The summed E-state index contributed by atoms with van der Waals surface area (Å²) in [5.74, 6) is -0.750. The summed E-state index contributed by atoms with van der Waals surface area (Å²) in [7, 11) is 0. The van der Waals surface area contributed by atoms with E-state index in [1.165, 1.54) is 0 Å². The van der Waals surface area contributed by atoms with E-state index in [1.54, 1.807) is 4.90 Å². The van der Waals surface area contributed by atoms with Crippen molar-refractivity contribution in [3.05, 3.63) is 35.4 Å². The number of carboxylic acid groups (broad SMARTS) is 1. The molecule has 21 heavy (non-hydrogen) atoms. The second-order valence-electron chi connectivity index (χ2n) is 6.35. The van der Waals surface area contributed by atoms with Crippen LogP contribution in [-0.4, -0.2) is 35.0 Å². The van der Waals surface area contributed by atoms with Crippen molar-refractivity contribution in [1.82, 2.24) is 4.90 Å². The van der Waals surface area contributed by atoms with Gasteiger partial charge in [-0.25, -0.2) is 0 Å². The van der Waals surface area contributed by atoms with Crippen LogP contribution in [0.4, 0.5) is 0 Å². The molecule has 0 radical (unpaired) electrons. The first kappa shape index (κ1) is 15.5. The Balaban J connectivity index is 2.07. The van der Waals surface area contributed by atoms with E-state index in [2.05, 4.69) is 0 Å². The van der Waals surface area contributed by atoms with E-state index in [1.807, 2.05) is 45.0 Å². The van der Waals surface area contributed by atoms with Gasteiger partial charge in [-0.1, -0.05) is 43.7 Å². The van der Waals surface area contributed by atoms with Crippen molar-refractivity contribution in [2.24, 2.45) is 11.3 Å². The van der Waals surface area contributed by atoms with Crippen molar-refractivity contribution >= 4 is 11.9 Å². The second kappa shape index (κ2) is 5.88. The predicted octanol–water partition coefficient (Wildman–Crippen LogP) is 2.50. The molecule has 1 saturated heterocycles. The minimum Gasteiger partial charge on any atom is -0.481 e. The average Bonchev–Trinajstić information content (AvgIpc) is 2.85. The van der Waals surface area contributed by atoms with E-state index in [0.717, 1.165) is 11.1 Å². The fourth-order valence-electron chi connectivity index (χ4n) is 3.05. The van der Waals surface area contributed by atoms with Crippen LogP contribution in [0.15, 0.2) is 24.3 Å². The third kappa shape index (κ3) is 3.09. The maximum absolute atomic E-state index is 12.4. The van der Waals surface area contributed by atoms with Gasteiger partial charge < -0.3 is 10.0 Å². The number of hydrogen-bond donors (Lipinski definition) is 1. The van der Waals surface area contributed by atoms with E-state index in [4.69, 9.17) is 0 Å². The molecule has 1 N–H and O–H groups in total. The Morgan fingerprint density at radius 2 is 2.10 bits per heavy atom. The van der Waals surface area contributed by atoms with Crippen LogP contribution in [0.25, 0.3) is 0 Å². The van der Waals surface area contributed by atoms with Gasteiger partial charge in [0.05, 0.1) is 11.8 Å². The van der Waals surface area contributed by atoms with Crippen LogP contribution in [-0.2, 0) is 16.0 Å². The van der Waals surface area contributed by atoms with Crippen LogP contribution in [0.2, 0.25) is 0 Å². The van der Waals surface area contributed by atoms with Gasteiger partial charge in [-0.2, -0.15) is 0 Å². The zero-order valence-electron chi connectivity index (χ0n) is 12.9. The fourth-order valence-corrected chi connectivity index (χ4v) is 3.05. The molecule has 1 aromatic carbocycles. The first-order chi connectivity index (χ1) is 9.85. The van der Waals surface area contributed by atoms with E-state index in [9.17, 15) is 14.7 Å². The lowest BCUT2D eigenvalue weighted by Crippen LogP contribution is -2.41. The molecule has 0 aliphatic carbocycles. The van der Waals surface area contributed by atoms with E-state index < -0.39 is 11.4 Å². The summed E-state index contributed by atoms with van der Waals surface area (Å²) in [6.45, 7) is 6.70. The summed E-state index contributed by atoms with van der Waals surface area (Å²) in [6.07, 6.45) is 0.884. The highest BCUT2D eigenvalue weighted by Gasteiger charge is 2.48. The standard InChI is InChI=1S/C17H23NO3/c1-12(2)17(16(20)21)7-8-18(11-17)15(19)10-14-6-4-5-13(3)9-14/h4-6,9,12H,7-8,10-11H2,1-3H3,(H,20,21). The number of aliphatic carboxylic acids is 1. The van der Waals surface area contributed by atoms with Crippen LogP contribution in [0.1, 0.15) is 31.4 Å². The lowest BCUT2D eigenvalue weighted by Gasteiger charge is -2.28. The Kier molecular flexibility index (Phi) is 4.35. The highest BCUT2D eigenvalue weighted by molar-refractivity contribution is 5.82. The van der Waals surface area contributed by atoms with Crippen molar-refractivity contribution in [2.45, 2.75) is 33.6 Å². The molecule has 1 aliphatic rings. The minimum atomic E-state index is -0.789. The number of likely N-dealkylation sites (tertiary alicyclic amines) is 1. The Hall–Kier alpha value is -1.84. The zero-order chi connectivity index (χ0) is 15.6. The van der Waals surface area contributed by atoms with Gasteiger partial charge in [0.25, 0.3) is 0 Å². The first-order valence-electron chi connectivity index (χ1n) is 7.42. The molecule has 0 saturated carbocycles.